The van der Waals surface area contributed by atoms with Crippen LogP contribution in [0.5, 0.6) is 0 Å². The van der Waals surface area contributed by atoms with Crippen molar-refractivity contribution in [1.82, 2.24) is 14.5 Å². The van der Waals surface area contributed by atoms with Crippen LogP contribution in [0.1, 0.15) is 40.5 Å². The van der Waals surface area contributed by atoms with Crippen molar-refractivity contribution >= 4 is 28.6 Å². The second kappa shape index (κ2) is 8.51. The van der Waals surface area contributed by atoms with E-state index in [1.165, 1.54) is 23.9 Å². The molecule has 0 unspecified atom stereocenters. The Hall–Kier alpha value is -3.75. The molecule has 1 aromatic carbocycles. The van der Waals surface area contributed by atoms with E-state index < -0.39 is 23.1 Å². The summed E-state index contributed by atoms with van der Waals surface area (Å²) in [5.74, 6) is -0.897. The third kappa shape index (κ3) is 4.40. The number of carbonyl (C=O) groups is 2. The fourth-order valence-electron chi connectivity index (χ4n) is 2.65. The minimum atomic E-state index is -0.615. The number of fused-ring (bicyclic) bond motifs is 1. The van der Waals surface area contributed by atoms with Crippen LogP contribution in [-0.2, 0) is 11.8 Å². The number of aryl methyl sites for hydroxylation is 1. The lowest BCUT2D eigenvalue weighted by atomic mass is 10.2. The van der Waals surface area contributed by atoms with Gasteiger partial charge in [-0.2, -0.15) is 0 Å². The van der Waals surface area contributed by atoms with E-state index in [1.54, 1.807) is 24.3 Å². The zero-order valence-electron chi connectivity index (χ0n) is 16.0. The minimum Gasteiger partial charge on any atom is -0.462 e. The summed E-state index contributed by atoms with van der Waals surface area (Å²) >= 11 is 0. The Morgan fingerprint density at radius 1 is 1.17 bits per heavy atom. The van der Waals surface area contributed by atoms with Gasteiger partial charge in [0.05, 0.1) is 23.1 Å². The van der Waals surface area contributed by atoms with Crippen LogP contribution in [-0.4, -0.2) is 33.0 Å². The summed E-state index contributed by atoms with van der Waals surface area (Å²) in [5, 5.41) is 2.80. The molecule has 1 amide bonds. The monoisotopic (exact) mass is 396 g/mol. The zero-order valence-corrected chi connectivity index (χ0v) is 16.0. The van der Waals surface area contributed by atoms with Gasteiger partial charge < -0.3 is 10.1 Å². The van der Waals surface area contributed by atoms with Gasteiger partial charge in [0.1, 0.15) is 5.65 Å². The summed E-state index contributed by atoms with van der Waals surface area (Å²) in [6, 6.07) is 7.65. The molecule has 0 saturated heterocycles. The number of H-pyrrole nitrogens is 1. The van der Waals surface area contributed by atoms with E-state index in [0.29, 0.717) is 17.9 Å². The second-order valence-corrected chi connectivity index (χ2v) is 6.43. The smallest absolute Gasteiger partial charge is 0.338 e. The van der Waals surface area contributed by atoms with Gasteiger partial charge >= 0.3 is 11.7 Å². The van der Waals surface area contributed by atoms with Gasteiger partial charge in [-0.25, -0.2) is 14.6 Å². The second-order valence-electron chi connectivity index (χ2n) is 6.43. The van der Waals surface area contributed by atoms with Gasteiger partial charge in [0.15, 0.2) is 0 Å². The molecule has 29 heavy (non-hydrogen) atoms. The minimum absolute atomic E-state index is 0.130. The van der Waals surface area contributed by atoms with Crippen molar-refractivity contribution < 1.29 is 14.3 Å². The van der Waals surface area contributed by atoms with Crippen molar-refractivity contribution in [2.45, 2.75) is 19.8 Å². The molecule has 0 atom stereocenters. The van der Waals surface area contributed by atoms with Crippen LogP contribution in [0.15, 0.2) is 46.1 Å². The number of hydrogen-bond acceptors (Lipinski definition) is 6. The number of nitrogens with one attached hydrogen (secondary N) is 2. The highest BCUT2D eigenvalue weighted by molar-refractivity contribution is 6.05. The molecule has 0 saturated carbocycles. The summed E-state index contributed by atoms with van der Waals surface area (Å²) in [4.78, 5) is 54.2. The molecule has 3 aromatic rings. The van der Waals surface area contributed by atoms with E-state index in [0.717, 1.165) is 12.8 Å². The van der Waals surface area contributed by atoms with Crippen LogP contribution in [0.2, 0.25) is 0 Å². The van der Waals surface area contributed by atoms with Gasteiger partial charge in [0, 0.05) is 18.9 Å². The number of pyridine rings is 1. The standard InChI is InChI=1S/C20H20N4O5/c1-3-4-9-29-19(27)12-5-7-14(8-6-12)22-17(25)13-10-15-16(21-11-13)24(2)20(28)23-18(15)26/h5-8,10-11H,3-4,9H2,1-2H3,(H,22,25)(H,23,26,28). The number of aromatic nitrogens is 3. The highest BCUT2D eigenvalue weighted by atomic mass is 16.5. The van der Waals surface area contributed by atoms with E-state index in [4.69, 9.17) is 4.74 Å². The molecule has 0 fully saturated rings. The Kier molecular flexibility index (Phi) is 5.87. The molecular weight excluding hydrogens is 376 g/mol. The first-order chi connectivity index (χ1) is 13.9. The molecule has 9 heteroatoms. The van der Waals surface area contributed by atoms with Crippen LogP contribution in [0.25, 0.3) is 11.0 Å². The van der Waals surface area contributed by atoms with E-state index in [-0.39, 0.29) is 16.6 Å². The highest BCUT2D eigenvalue weighted by Crippen LogP contribution is 2.14. The summed E-state index contributed by atoms with van der Waals surface area (Å²) in [7, 11) is 1.47. The van der Waals surface area contributed by atoms with Gasteiger partial charge in [-0.1, -0.05) is 13.3 Å². The van der Waals surface area contributed by atoms with Gasteiger partial charge in [-0.3, -0.25) is 19.1 Å². The average molecular weight is 396 g/mol. The molecule has 150 valence electrons. The number of rotatable bonds is 6. The first-order valence-electron chi connectivity index (χ1n) is 9.08. The van der Waals surface area contributed by atoms with E-state index >= 15 is 0 Å². The average Bonchev–Trinajstić information content (AvgIpc) is 2.72. The third-order valence-electron chi connectivity index (χ3n) is 4.33. The van der Waals surface area contributed by atoms with E-state index in [1.807, 2.05) is 6.92 Å². The highest BCUT2D eigenvalue weighted by Gasteiger charge is 2.13. The number of hydrogen-bond donors (Lipinski definition) is 2. The quantitative estimate of drug-likeness (QED) is 0.484. The van der Waals surface area contributed by atoms with Crippen LogP contribution in [0.3, 0.4) is 0 Å². The maximum Gasteiger partial charge on any atom is 0.338 e. The zero-order chi connectivity index (χ0) is 21.0. The number of anilines is 1. The van der Waals surface area contributed by atoms with Crippen LogP contribution < -0.4 is 16.6 Å². The normalized spacial score (nSPS) is 10.7. The molecule has 0 aliphatic rings. The molecule has 0 bridgehead atoms. The summed E-state index contributed by atoms with van der Waals surface area (Å²) in [6.07, 6.45) is 3.02. The SMILES string of the molecule is CCCCOC(=O)c1ccc(NC(=O)c2cnc3c(c2)c(=O)[nH]c(=O)n3C)cc1. The topological polar surface area (TPSA) is 123 Å². The molecule has 3 rings (SSSR count). The van der Waals surface area contributed by atoms with Crippen molar-refractivity contribution in [2.75, 3.05) is 11.9 Å². The summed E-state index contributed by atoms with van der Waals surface area (Å²) < 4.78 is 6.33. The number of unbranched alkanes of at least 4 members (excludes halogenated alkanes) is 1. The number of esters is 1. The number of aromatic amines is 1. The Morgan fingerprint density at radius 3 is 2.59 bits per heavy atom. The predicted molar refractivity (Wildman–Crippen MR) is 107 cm³/mol. The predicted octanol–water partition coefficient (Wildman–Crippen LogP) is 1.83. The molecule has 0 spiro atoms. The number of nitrogens with zero attached hydrogens (tertiary/aromatic N) is 2. The van der Waals surface area contributed by atoms with E-state index in [2.05, 4.69) is 15.3 Å². The van der Waals surface area contributed by atoms with E-state index in [9.17, 15) is 19.2 Å². The third-order valence-corrected chi connectivity index (χ3v) is 4.33. The first kappa shape index (κ1) is 20.0. The summed E-state index contributed by atoms with van der Waals surface area (Å²) in [6.45, 7) is 2.38. The van der Waals surface area contributed by atoms with Crippen molar-refractivity contribution in [1.29, 1.82) is 0 Å². The summed E-state index contributed by atoms with van der Waals surface area (Å²) in [5.41, 5.74) is -0.00357. The van der Waals surface area contributed by atoms with Crippen LogP contribution >= 0.6 is 0 Å². The lowest BCUT2D eigenvalue weighted by Crippen LogP contribution is -2.29. The Labute approximate surface area is 165 Å². The van der Waals surface area contributed by atoms with Gasteiger partial charge in [0.25, 0.3) is 11.5 Å². The molecule has 0 aliphatic heterocycles. The Morgan fingerprint density at radius 2 is 1.90 bits per heavy atom. The molecule has 2 heterocycles. The number of benzene rings is 1. The van der Waals surface area contributed by atoms with Gasteiger partial charge in [-0.05, 0) is 36.8 Å². The van der Waals surface area contributed by atoms with Crippen molar-refractivity contribution in [3.05, 3.63) is 68.5 Å². The Bertz CT molecular complexity index is 1180. The van der Waals surface area contributed by atoms with Gasteiger partial charge in [-0.15, -0.1) is 0 Å². The molecular formula is C20H20N4O5. The van der Waals surface area contributed by atoms with Crippen LogP contribution in [0.4, 0.5) is 5.69 Å². The largest absolute Gasteiger partial charge is 0.462 e. The lowest BCUT2D eigenvalue weighted by Gasteiger charge is -2.08. The van der Waals surface area contributed by atoms with Crippen molar-refractivity contribution in [2.24, 2.45) is 7.05 Å². The van der Waals surface area contributed by atoms with Crippen molar-refractivity contribution in [3.8, 4) is 0 Å². The number of carbonyl (C=O) groups excluding carboxylic acids is 2. The molecule has 2 N–H and O–H groups in total. The first-order valence-corrected chi connectivity index (χ1v) is 9.08. The maximum atomic E-state index is 12.5. The fourth-order valence-corrected chi connectivity index (χ4v) is 2.65. The number of amides is 1. The fraction of sp³-hybridized carbons (Fsp3) is 0.250. The molecule has 9 nitrogen and oxygen atoms in total. The Balaban J connectivity index is 1.76. The maximum absolute atomic E-state index is 12.5. The van der Waals surface area contributed by atoms with Crippen LogP contribution in [0, 0.1) is 0 Å². The molecule has 2 aromatic heterocycles. The van der Waals surface area contributed by atoms with Crippen molar-refractivity contribution in [3.63, 3.8) is 0 Å². The van der Waals surface area contributed by atoms with Gasteiger partial charge in [0.2, 0.25) is 0 Å². The molecule has 0 radical (unpaired) electrons. The number of ether oxygens (including phenoxy) is 1. The molecule has 0 aliphatic carbocycles. The lowest BCUT2D eigenvalue weighted by molar-refractivity contribution is 0.0499.